The first-order valence-corrected chi connectivity index (χ1v) is 10.8. The molecule has 0 unspecified atom stereocenters. The molecule has 0 spiro atoms. The fraction of sp³-hybridized carbons (Fsp3) is 0.500. The molecule has 1 N–H and O–H groups in total. The standard InChI is InChI=1S/C14H21N3O6S2/c1-24(20,21)15-7-9-16(10-8-15)25(22,23)17(12-14(18)19)11-13-5-3-2-4-6-13/h2-6H,7-12H2,1H3,(H,18,19). The molecule has 1 heterocycles. The summed E-state index contributed by atoms with van der Waals surface area (Å²) >= 11 is 0. The van der Waals surface area contributed by atoms with E-state index in [-0.39, 0.29) is 32.7 Å². The zero-order chi connectivity index (χ0) is 18.7. The molecule has 9 nitrogen and oxygen atoms in total. The minimum atomic E-state index is -4.02. The molecule has 0 aliphatic carbocycles. The van der Waals surface area contributed by atoms with Crippen molar-refractivity contribution in [1.29, 1.82) is 0 Å². The summed E-state index contributed by atoms with van der Waals surface area (Å²) in [6.45, 7) is -0.666. The van der Waals surface area contributed by atoms with E-state index in [9.17, 15) is 21.6 Å². The number of aliphatic carboxylic acids is 1. The minimum absolute atomic E-state index is 0.0136. The highest BCUT2D eigenvalue weighted by Gasteiger charge is 2.35. The van der Waals surface area contributed by atoms with Crippen molar-refractivity contribution in [3.8, 4) is 0 Å². The Balaban J connectivity index is 2.16. The molecule has 11 heteroatoms. The van der Waals surface area contributed by atoms with Crippen LogP contribution in [0.25, 0.3) is 0 Å². The van der Waals surface area contributed by atoms with Crippen molar-refractivity contribution in [1.82, 2.24) is 12.9 Å². The lowest BCUT2D eigenvalue weighted by Crippen LogP contribution is -2.54. The van der Waals surface area contributed by atoms with Gasteiger partial charge in [0.25, 0.3) is 10.2 Å². The highest BCUT2D eigenvalue weighted by molar-refractivity contribution is 7.88. The van der Waals surface area contributed by atoms with Crippen LogP contribution in [0, 0.1) is 0 Å². The first kappa shape index (κ1) is 19.8. The van der Waals surface area contributed by atoms with Crippen LogP contribution in [-0.4, -0.2) is 79.8 Å². The maximum absolute atomic E-state index is 12.8. The summed E-state index contributed by atoms with van der Waals surface area (Å²) in [4.78, 5) is 11.1. The molecule has 0 bridgehead atoms. The molecule has 0 saturated carbocycles. The topological polar surface area (TPSA) is 115 Å². The molecule has 0 atom stereocenters. The van der Waals surface area contributed by atoms with E-state index in [1.165, 1.54) is 4.31 Å². The number of carboxylic acids is 1. The van der Waals surface area contributed by atoms with Crippen molar-refractivity contribution in [2.45, 2.75) is 6.54 Å². The van der Waals surface area contributed by atoms with Crippen LogP contribution in [0.3, 0.4) is 0 Å². The third-order valence-corrected chi connectivity index (χ3v) is 7.06. The van der Waals surface area contributed by atoms with Crippen LogP contribution in [0.2, 0.25) is 0 Å². The van der Waals surface area contributed by atoms with E-state index in [2.05, 4.69) is 0 Å². The number of carboxylic acid groups (broad SMARTS) is 1. The van der Waals surface area contributed by atoms with Gasteiger partial charge < -0.3 is 5.11 Å². The van der Waals surface area contributed by atoms with Gasteiger partial charge in [-0.05, 0) is 5.56 Å². The number of carbonyl (C=O) groups is 1. The van der Waals surface area contributed by atoms with Crippen molar-refractivity contribution >= 4 is 26.2 Å². The number of hydrogen-bond acceptors (Lipinski definition) is 5. The number of nitrogens with zero attached hydrogens (tertiary/aromatic N) is 3. The average Bonchev–Trinajstić information content (AvgIpc) is 2.54. The van der Waals surface area contributed by atoms with Gasteiger partial charge in [-0.15, -0.1) is 0 Å². The van der Waals surface area contributed by atoms with E-state index < -0.39 is 32.7 Å². The van der Waals surface area contributed by atoms with E-state index in [1.54, 1.807) is 30.3 Å². The Kier molecular flexibility index (Phi) is 6.16. The Morgan fingerprint density at radius 3 is 2.04 bits per heavy atom. The highest BCUT2D eigenvalue weighted by atomic mass is 32.2. The van der Waals surface area contributed by atoms with Gasteiger partial charge in [0.1, 0.15) is 6.54 Å². The number of hydrogen-bond donors (Lipinski definition) is 1. The molecule has 25 heavy (non-hydrogen) atoms. The Morgan fingerprint density at radius 2 is 1.56 bits per heavy atom. The van der Waals surface area contributed by atoms with Crippen LogP contribution in [-0.2, 0) is 31.6 Å². The third kappa shape index (κ3) is 5.22. The average molecular weight is 391 g/mol. The van der Waals surface area contributed by atoms with Crippen LogP contribution in [0.4, 0.5) is 0 Å². The maximum Gasteiger partial charge on any atom is 0.318 e. The largest absolute Gasteiger partial charge is 0.480 e. The predicted molar refractivity (Wildman–Crippen MR) is 91.4 cm³/mol. The monoisotopic (exact) mass is 391 g/mol. The van der Waals surface area contributed by atoms with Gasteiger partial charge in [-0.25, -0.2) is 8.42 Å². The van der Waals surface area contributed by atoms with Gasteiger partial charge in [-0.2, -0.15) is 21.3 Å². The fourth-order valence-electron chi connectivity index (χ4n) is 2.55. The third-order valence-electron chi connectivity index (χ3n) is 3.83. The van der Waals surface area contributed by atoms with Crippen molar-refractivity contribution < 1.29 is 26.7 Å². The number of piperazine rings is 1. The molecule has 0 radical (unpaired) electrons. The van der Waals surface area contributed by atoms with Crippen LogP contribution in [0.15, 0.2) is 30.3 Å². The van der Waals surface area contributed by atoms with Crippen molar-refractivity contribution in [3.05, 3.63) is 35.9 Å². The van der Waals surface area contributed by atoms with Crippen molar-refractivity contribution in [2.75, 3.05) is 39.0 Å². The summed E-state index contributed by atoms with van der Waals surface area (Å²) in [5.41, 5.74) is 0.669. The molecule has 0 aromatic heterocycles. The first-order chi connectivity index (χ1) is 11.6. The smallest absolute Gasteiger partial charge is 0.318 e. The van der Waals surface area contributed by atoms with Gasteiger partial charge in [-0.1, -0.05) is 30.3 Å². The zero-order valence-corrected chi connectivity index (χ0v) is 15.4. The van der Waals surface area contributed by atoms with Crippen molar-refractivity contribution in [3.63, 3.8) is 0 Å². The molecule has 140 valence electrons. The van der Waals surface area contributed by atoms with Gasteiger partial charge in [0.05, 0.1) is 6.26 Å². The molecule has 1 aliphatic heterocycles. The second-order valence-corrected chi connectivity index (χ2v) is 9.63. The lowest BCUT2D eigenvalue weighted by atomic mass is 10.2. The van der Waals surface area contributed by atoms with Gasteiger partial charge in [0.15, 0.2) is 0 Å². The number of rotatable bonds is 7. The first-order valence-electron chi connectivity index (χ1n) is 7.57. The van der Waals surface area contributed by atoms with Gasteiger partial charge >= 0.3 is 5.97 Å². The molecule has 1 aromatic rings. The molecule has 1 fully saturated rings. The summed E-state index contributed by atoms with van der Waals surface area (Å²) in [6.07, 6.45) is 1.07. The number of sulfonamides is 1. The maximum atomic E-state index is 12.8. The fourth-order valence-corrected chi connectivity index (χ4v) is 4.92. The molecule has 0 amide bonds. The Bertz CT molecular complexity index is 802. The predicted octanol–water partition coefficient (Wildman–Crippen LogP) is -0.605. The van der Waals surface area contributed by atoms with Crippen LogP contribution < -0.4 is 0 Å². The van der Waals surface area contributed by atoms with E-state index in [4.69, 9.17) is 5.11 Å². The van der Waals surface area contributed by atoms with E-state index >= 15 is 0 Å². The zero-order valence-electron chi connectivity index (χ0n) is 13.8. The SMILES string of the molecule is CS(=O)(=O)N1CCN(S(=O)(=O)N(CC(=O)O)Cc2ccccc2)CC1. The summed E-state index contributed by atoms with van der Waals surface area (Å²) < 4.78 is 51.9. The second kappa shape index (κ2) is 7.79. The molecular weight excluding hydrogens is 370 g/mol. The summed E-state index contributed by atoms with van der Waals surface area (Å²) in [6, 6.07) is 8.69. The van der Waals surface area contributed by atoms with Gasteiger partial charge in [0.2, 0.25) is 10.0 Å². The lowest BCUT2D eigenvalue weighted by molar-refractivity contribution is -0.137. The lowest BCUT2D eigenvalue weighted by Gasteiger charge is -2.35. The summed E-state index contributed by atoms with van der Waals surface area (Å²) in [5, 5.41) is 9.06. The van der Waals surface area contributed by atoms with E-state index in [0.29, 0.717) is 5.56 Å². The Labute approximate surface area is 147 Å². The molecule has 1 aliphatic rings. The highest BCUT2D eigenvalue weighted by Crippen LogP contribution is 2.16. The second-order valence-electron chi connectivity index (χ2n) is 5.72. The summed E-state index contributed by atoms with van der Waals surface area (Å²) in [7, 11) is -7.40. The van der Waals surface area contributed by atoms with Crippen LogP contribution >= 0.6 is 0 Å². The number of benzene rings is 1. The van der Waals surface area contributed by atoms with Gasteiger partial charge in [0, 0.05) is 32.7 Å². The molecule has 2 rings (SSSR count). The quantitative estimate of drug-likeness (QED) is 0.663. The summed E-state index contributed by atoms with van der Waals surface area (Å²) in [5.74, 6) is -1.26. The molecule has 1 aromatic carbocycles. The van der Waals surface area contributed by atoms with Crippen LogP contribution in [0.5, 0.6) is 0 Å². The molecular formula is C14H21N3O6S2. The minimum Gasteiger partial charge on any atom is -0.480 e. The van der Waals surface area contributed by atoms with Crippen molar-refractivity contribution in [2.24, 2.45) is 0 Å². The normalized spacial score (nSPS) is 17.7. The molecule has 1 saturated heterocycles. The van der Waals surface area contributed by atoms with Gasteiger partial charge in [-0.3, -0.25) is 4.79 Å². The Morgan fingerprint density at radius 1 is 1.04 bits per heavy atom. The van der Waals surface area contributed by atoms with Crippen LogP contribution in [0.1, 0.15) is 5.56 Å². The van der Waals surface area contributed by atoms with E-state index in [0.717, 1.165) is 14.9 Å². The van der Waals surface area contributed by atoms with E-state index in [1.807, 2.05) is 0 Å². The Hall–Kier alpha value is -1.53.